The molecule has 0 spiro atoms. The van der Waals surface area contributed by atoms with Crippen molar-refractivity contribution in [3.05, 3.63) is 5.82 Å². The number of sulfonamides is 1. The van der Waals surface area contributed by atoms with Crippen LogP contribution in [-0.2, 0) is 23.0 Å². The van der Waals surface area contributed by atoms with E-state index in [0.29, 0.717) is 18.8 Å². The van der Waals surface area contributed by atoms with E-state index in [1.165, 1.54) is 0 Å². The summed E-state index contributed by atoms with van der Waals surface area (Å²) >= 11 is 0. The first-order valence-electron chi connectivity index (χ1n) is 5.46. The van der Waals surface area contributed by atoms with Gasteiger partial charge >= 0.3 is 0 Å². The minimum absolute atomic E-state index is 0.145. The van der Waals surface area contributed by atoms with Crippen LogP contribution in [0, 0.1) is 0 Å². The number of aromatic nitrogens is 3. The Hall–Kier alpha value is -0.990. The molecule has 0 amide bonds. The van der Waals surface area contributed by atoms with E-state index in [1.807, 2.05) is 25.9 Å². The standard InChI is InChI=1S/C9H19N5O2S/c1-4-6-14-8(5-7-13(2)3)11-12-9(14)17(10,15)16/h4-7H2,1-3H3,(H2,10,15,16). The van der Waals surface area contributed by atoms with Crippen LogP contribution in [0.4, 0.5) is 0 Å². The van der Waals surface area contributed by atoms with Crippen molar-refractivity contribution < 1.29 is 8.42 Å². The van der Waals surface area contributed by atoms with Crippen LogP contribution in [0.25, 0.3) is 0 Å². The Morgan fingerprint density at radius 2 is 2.00 bits per heavy atom. The van der Waals surface area contributed by atoms with E-state index in [-0.39, 0.29) is 5.16 Å². The lowest BCUT2D eigenvalue weighted by Crippen LogP contribution is -2.21. The van der Waals surface area contributed by atoms with Gasteiger partial charge in [-0.25, -0.2) is 13.6 Å². The second kappa shape index (κ2) is 5.56. The third-order valence-corrected chi connectivity index (χ3v) is 3.09. The van der Waals surface area contributed by atoms with Gasteiger partial charge in [-0.2, -0.15) is 0 Å². The van der Waals surface area contributed by atoms with Crippen LogP contribution < -0.4 is 5.14 Å². The van der Waals surface area contributed by atoms with Gasteiger partial charge in [0, 0.05) is 19.5 Å². The molecule has 0 atom stereocenters. The summed E-state index contributed by atoms with van der Waals surface area (Å²) in [7, 11) is 0.0934. The quantitative estimate of drug-likeness (QED) is 0.740. The van der Waals surface area contributed by atoms with Crippen LogP contribution in [0.15, 0.2) is 5.16 Å². The molecule has 0 bridgehead atoms. The largest absolute Gasteiger partial charge is 0.309 e. The molecule has 17 heavy (non-hydrogen) atoms. The average molecular weight is 261 g/mol. The molecular weight excluding hydrogens is 242 g/mol. The van der Waals surface area contributed by atoms with Crippen LogP contribution in [0.5, 0.6) is 0 Å². The molecule has 0 unspecified atom stereocenters. The van der Waals surface area contributed by atoms with Crippen LogP contribution in [0.3, 0.4) is 0 Å². The molecule has 1 aromatic rings. The van der Waals surface area contributed by atoms with Gasteiger partial charge in [-0.15, -0.1) is 10.2 Å². The van der Waals surface area contributed by atoms with E-state index in [2.05, 4.69) is 10.2 Å². The molecule has 7 nitrogen and oxygen atoms in total. The van der Waals surface area contributed by atoms with Crippen molar-refractivity contribution in [1.29, 1.82) is 0 Å². The van der Waals surface area contributed by atoms with E-state index in [0.717, 1.165) is 13.0 Å². The van der Waals surface area contributed by atoms with Gasteiger partial charge in [0.05, 0.1) is 0 Å². The van der Waals surface area contributed by atoms with Gasteiger partial charge in [0.15, 0.2) is 0 Å². The number of nitrogens with zero attached hydrogens (tertiary/aromatic N) is 4. The third-order valence-electron chi connectivity index (χ3n) is 2.28. The van der Waals surface area contributed by atoms with E-state index in [4.69, 9.17) is 5.14 Å². The number of nitrogens with two attached hydrogens (primary N) is 1. The molecular formula is C9H19N5O2S. The normalized spacial score (nSPS) is 12.3. The van der Waals surface area contributed by atoms with E-state index in [9.17, 15) is 8.42 Å². The first kappa shape index (κ1) is 14.1. The molecule has 0 fully saturated rings. The maximum atomic E-state index is 11.3. The molecule has 1 aromatic heterocycles. The minimum atomic E-state index is -3.80. The van der Waals surface area contributed by atoms with E-state index < -0.39 is 10.0 Å². The first-order valence-corrected chi connectivity index (χ1v) is 7.00. The zero-order chi connectivity index (χ0) is 13.1. The monoisotopic (exact) mass is 261 g/mol. The summed E-state index contributed by atoms with van der Waals surface area (Å²) in [6.45, 7) is 3.30. The Morgan fingerprint density at radius 3 is 2.47 bits per heavy atom. The zero-order valence-corrected chi connectivity index (χ0v) is 11.2. The molecule has 98 valence electrons. The second-order valence-electron chi connectivity index (χ2n) is 4.15. The Bertz CT molecular complexity index is 466. The summed E-state index contributed by atoms with van der Waals surface area (Å²) in [6, 6.07) is 0. The highest BCUT2D eigenvalue weighted by atomic mass is 32.2. The van der Waals surface area contributed by atoms with Crippen LogP contribution in [0.1, 0.15) is 19.2 Å². The van der Waals surface area contributed by atoms with Gasteiger partial charge in [0.1, 0.15) is 5.82 Å². The van der Waals surface area contributed by atoms with Gasteiger partial charge < -0.3 is 9.47 Å². The van der Waals surface area contributed by atoms with Crippen molar-refractivity contribution in [1.82, 2.24) is 19.7 Å². The van der Waals surface area contributed by atoms with Gasteiger partial charge in [0.25, 0.3) is 15.2 Å². The first-order chi connectivity index (χ1) is 7.86. The van der Waals surface area contributed by atoms with E-state index in [1.54, 1.807) is 4.57 Å². The predicted octanol–water partition coefficient (Wildman–Crippen LogP) is -0.560. The number of rotatable bonds is 6. The molecule has 0 radical (unpaired) electrons. The Labute approximate surface area is 102 Å². The van der Waals surface area contributed by atoms with Gasteiger partial charge in [-0.05, 0) is 20.5 Å². The molecule has 0 aliphatic rings. The fraction of sp³-hybridized carbons (Fsp3) is 0.778. The summed E-state index contributed by atoms with van der Waals surface area (Å²) in [4.78, 5) is 2.00. The lowest BCUT2D eigenvalue weighted by Gasteiger charge is -2.10. The number of hydrogen-bond acceptors (Lipinski definition) is 5. The highest BCUT2D eigenvalue weighted by molar-refractivity contribution is 7.89. The van der Waals surface area contributed by atoms with Crippen LogP contribution >= 0.6 is 0 Å². The van der Waals surface area contributed by atoms with Gasteiger partial charge in [0.2, 0.25) is 0 Å². The number of primary sulfonamides is 1. The fourth-order valence-electron chi connectivity index (χ4n) is 1.49. The maximum Gasteiger partial charge on any atom is 0.273 e. The SMILES string of the molecule is CCCn1c(CCN(C)C)nnc1S(N)(=O)=O. The highest BCUT2D eigenvalue weighted by Crippen LogP contribution is 2.09. The molecule has 1 heterocycles. The number of likely N-dealkylation sites (N-methyl/N-ethyl adjacent to an activating group) is 1. The molecule has 0 aromatic carbocycles. The van der Waals surface area contributed by atoms with E-state index >= 15 is 0 Å². The molecule has 8 heteroatoms. The summed E-state index contributed by atoms with van der Waals surface area (Å²) in [5, 5.41) is 12.5. The lowest BCUT2D eigenvalue weighted by molar-refractivity contribution is 0.403. The van der Waals surface area contributed by atoms with Crippen molar-refractivity contribution in [2.75, 3.05) is 20.6 Å². The smallest absolute Gasteiger partial charge is 0.273 e. The molecule has 0 aliphatic carbocycles. The van der Waals surface area contributed by atoms with Crippen molar-refractivity contribution in [3.63, 3.8) is 0 Å². The van der Waals surface area contributed by atoms with Crippen molar-refractivity contribution in [2.24, 2.45) is 5.14 Å². The Balaban J connectivity index is 3.02. The molecule has 1 rings (SSSR count). The maximum absolute atomic E-state index is 11.3. The summed E-state index contributed by atoms with van der Waals surface area (Å²) in [5.41, 5.74) is 0. The molecule has 0 saturated carbocycles. The van der Waals surface area contributed by atoms with Crippen LogP contribution in [-0.4, -0.2) is 48.7 Å². The van der Waals surface area contributed by atoms with Crippen molar-refractivity contribution in [3.8, 4) is 0 Å². The van der Waals surface area contributed by atoms with Gasteiger partial charge in [-0.1, -0.05) is 6.92 Å². The van der Waals surface area contributed by atoms with Crippen LogP contribution in [0.2, 0.25) is 0 Å². The lowest BCUT2D eigenvalue weighted by atomic mass is 10.3. The minimum Gasteiger partial charge on any atom is -0.309 e. The summed E-state index contributed by atoms with van der Waals surface area (Å²) in [5.74, 6) is 0.657. The Morgan fingerprint density at radius 1 is 1.35 bits per heavy atom. The average Bonchev–Trinajstić information content (AvgIpc) is 2.58. The third kappa shape index (κ3) is 3.76. The summed E-state index contributed by atoms with van der Waals surface area (Å²) < 4.78 is 24.2. The fourth-order valence-corrected chi connectivity index (χ4v) is 2.14. The van der Waals surface area contributed by atoms with Gasteiger partial charge in [-0.3, -0.25) is 0 Å². The molecule has 2 N–H and O–H groups in total. The topological polar surface area (TPSA) is 94.1 Å². The predicted molar refractivity (Wildman–Crippen MR) is 63.9 cm³/mol. The second-order valence-corrected chi connectivity index (χ2v) is 5.60. The van der Waals surface area contributed by atoms with Crippen molar-refractivity contribution in [2.45, 2.75) is 31.5 Å². The molecule has 0 saturated heterocycles. The highest BCUT2D eigenvalue weighted by Gasteiger charge is 2.20. The molecule has 0 aliphatic heterocycles. The zero-order valence-electron chi connectivity index (χ0n) is 10.4. The summed E-state index contributed by atoms with van der Waals surface area (Å²) in [6.07, 6.45) is 1.45. The number of hydrogen-bond donors (Lipinski definition) is 1. The Kier molecular flexibility index (Phi) is 4.61. The van der Waals surface area contributed by atoms with Crippen molar-refractivity contribution >= 4 is 10.0 Å².